The molecule has 5 nitrogen and oxygen atoms in total. The molecule has 0 radical (unpaired) electrons. The summed E-state index contributed by atoms with van der Waals surface area (Å²) in [5.74, 6) is 1.45. The molecule has 19 heavy (non-hydrogen) atoms. The van der Waals surface area contributed by atoms with Crippen LogP contribution in [-0.4, -0.2) is 37.6 Å². The van der Waals surface area contributed by atoms with Gasteiger partial charge in [0.1, 0.15) is 6.10 Å². The van der Waals surface area contributed by atoms with Crippen molar-refractivity contribution in [2.75, 3.05) is 21.3 Å². The van der Waals surface area contributed by atoms with Gasteiger partial charge < -0.3 is 24.4 Å². The third-order valence-corrected chi connectivity index (χ3v) is 3.56. The molecule has 1 aliphatic carbocycles. The molecule has 0 saturated heterocycles. The molecule has 2 N–H and O–H groups in total. The van der Waals surface area contributed by atoms with Gasteiger partial charge in [0.15, 0.2) is 11.5 Å². The lowest BCUT2D eigenvalue weighted by Gasteiger charge is -2.22. The van der Waals surface area contributed by atoms with Crippen molar-refractivity contribution in [3.8, 4) is 17.2 Å². The molecule has 5 heteroatoms. The van der Waals surface area contributed by atoms with Crippen LogP contribution in [0, 0.1) is 0 Å². The van der Waals surface area contributed by atoms with Crippen LogP contribution in [0.1, 0.15) is 30.1 Å². The van der Waals surface area contributed by atoms with E-state index in [4.69, 9.17) is 14.2 Å². The van der Waals surface area contributed by atoms with E-state index in [9.17, 15) is 10.2 Å². The molecular weight excluding hydrogens is 248 g/mol. The summed E-state index contributed by atoms with van der Waals surface area (Å²) in [7, 11) is 4.60. The summed E-state index contributed by atoms with van der Waals surface area (Å²) in [5, 5.41) is 20.2. The second kappa shape index (κ2) is 5.67. The van der Waals surface area contributed by atoms with Gasteiger partial charge in [-0.1, -0.05) is 0 Å². The van der Waals surface area contributed by atoms with E-state index in [0.29, 0.717) is 29.2 Å². The molecule has 2 unspecified atom stereocenters. The molecule has 0 heterocycles. The van der Waals surface area contributed by atoms with Gasteiger partial charge in [0.05, 0.1) is 27.4 Å². The highest BCUT2D eigenvalue weighted by molar-refractivity contribution is 5.60. The maximum atomic E-state index is 10.3. The van der Waals surface area contributed by atoms with Crippen LogP contribution in [0.5, 0.6) is 17.2 Å². The predicted molar refractivity (Wildman–Crippen MR) is 70.0 cm³/mol. The molecule has 1 aromatic carbocycles. The number of methoxy groups -OCH3 is 3. The van der Waals surface area contributed by atoms with Crippen LogP contribution in [0.2, 0.25) is 0 Å². The molecule has 0 saturated carbocycles. The molecule has 1 aromatic rings. The second-order valence-electron chi connectivity index (χ2n) is 4.62. The number of hydrogen-bond donors (Lipinski definition) is 2. The summed E-state index contributed by atoms with van der Waals surface area (Å²) in [4.78, 5) is 0. The highest BCUT2D eigenvalue weighted by atomic mass is 16.5. The largest absolute Gasteiger partial charge is 0.493 e. The Morgan fingerprint density at radius 2 is 1.74 bits per heavy atom. The molecule has 0 amide bonds. The fraction of sp³-hybridized carbons (Fsp3) is 0.571. The molecule has 106 valence electrons. The van der Waals surface area contributed by atoms with Crippen LogP contribution in [0.3, 0.4) is 0 Å². The highest BCUT2D eigenvalue weighted by Gasteiger charge is 2.31. The lowest BCUT2D eigenvalue weighted by atomic mass is 9.97. The number of ether oxygens (including phenoxy) is 3. The van der Waals surface area contributed by atoms with Gasteiger partial charge in [-0.25, -0.2) is 0 Å². The zero-order valence-corrected chi connectivity index (χ0v) is 11.5. The summed E-state index contributed by atoms with van der Waals surface area (Å²) in [6.45, 7) is 0. The summed E-state index contributed by atoms with van der Waals surface area (Å²) in [5.41, 5.74) is 1.53. The number of fused-ring (bicyclic) bond motifs is 1. The van der Waals surface area contributed by atoms with Gasteiger partial charge in [-0.2, -0.15) is 0 Å². The summed E-state index contributed by atoms with van der Waals surface area (Å²) in [6.07, 6.45) is 0.383. The van der Waals surface area contributed by atoms with E-state index in [-0.39, 0.29) is 0 Å². The zero-order valence-electron chi connectivity index (χ0n) is 11.5. The van der Waals surface area contributed by atoms with Crippen LogP contribution in [0.15, 0.2) is 6.07 Å². The zero-order chi connectivity index (χ0) is 14.0. The van der Waals surface area contributed by atoms with Crippen molar-refractivity contribution >= 4 is 0 Å². The third kappa shape index (κ3) is 2.35. The highest BCUT2D eigenvalue weighted by Crippen LogP contribution is 2.46. The minimum atomic E-state index is -0.966. The minimum Gasteiger partial charge on any atom is -0.493 e. The lowest BCUT2D eigenvalue weighted by Crippen LogP contribution is -2.18. The van der Waals surface area contributed by atoms with Gasteiger partial charge in [0.25, 0.3) is 0 Å². The Hall–Kier alpha value is -1.46. The normalized spacial score (nSPS) is 22.4. The molecule has 0 aromatic heterocycles. The van der Waals surface area contributed by atoms with Gasteiger partial charge in [-0.15, -0.1) is 0 Å². The van der Waals surface area contributed by atoms with Crippen molar-refractivity contribution in [3.63, 3.8) is 0 Å². The van der Waals surface area contributed by atoms with Gasteiger partial charge in [-0.3, -0.25) is 0 Å². The van der Waals surface area contributed by atoms with Crippen LogP contribution in [0.4, 0.5) is 0 Å². The van der Waals surface area contributed by atoms with Crippen molar-refractivity contribution < 1.29 is 24.4 Å². The monoisotopic (exact) mass is 268 g/mol. The first-order chi connectivity index (χ1) is 9.13. The standard InChI is InChI=1S/C14H20O5/c1-17-10-7-8-5-4-6-9(15)12(16)11(8)14(19-3)13(10)18-2/h7,9,12,15-16H,4-6H2,1-3H3. The van der Waals surface area contributed by atoms with E-state index in [0.717, 1.165) is 18.4 Å². The quantitative estimate of drug-likeness (QED) is 0.812. The fourth-order valence-corrected chi connectivity index (χ4v) is 2.61. The van der Waals surface area contributed by atoms with Crippen LogP contribution in [0.25, 0.3) is 0 Å². The van der Waals surface area contributed by atoms with Crippen molar-refractivity contribution in [2.45, 2.75) is 31.5 Å². The average Bonchev–Trinajstić information content (AvgIpc) is 2.57. The fourth-order valence-electron chi connectivity index (χ4n) is 2.61. The number of hydrogen-bond acceptors (Lipinski definition) is 5. The Labute approximate surface area is 112 Å². The first-order valence-corrected chi connectivity index (χ1v) is 6.31. The Kier molecular flexibility index (Phi) is 4.17. The predicted octanol–water partition coefficient (Wildman–Crippen LogP) is 1.44. The number of benzene rings is 1. The maximum Gasteiger partial charge on any atom is 0.203 e. The maximum absolute atomic E-state index is 10.3. The van der Waals surface area contributed by atoms with E-state index in [1.807, 2.05) is 6.07 Å². The van der Waals surface area contributed by atoms with Gasteiger partial charge >= 0.3 is 0 Å². The SMILES string of the molecule is COc1cc2c(c(OC)c1OC)C(O)C(O)CCC2. The number of aliphatic hydroxyl groups is 2. The molecule has 0 fully saturated rings. The molecule has 0 bridgehead atoms. The minimum absolute atomic E-state index is 0.435. The van der Waals surface area contributed by atoms with E-state index < -0.39 is 12.2 Å². The second-order valence-corrected chi connectivity index (χ2v) is 4.62. The summed E-state index contributed by atoms with van der Waals surface area (Å²) < 4.78 is 16.0. The lowest BCUT2D eigenvalue weighted by molar-refractivity contribution is 0.0138. The molecule has 0 spiro atoms. The Balaban J connectivity index is 2.66. The van der Waals surface area contributed by atoms with E-state index in [1.54, 1.807) is 7.11 Å². The molecule has 2 rings (SSSR count). The van der Waals surface area contributed by atoms with Crippen molar-refractivity contribution in [2.24, 2.45) is 0 Å². The molecular formula is C14H20O5. The number of rotatable bonds is 3. The molecule has 2 atom stereocenters. The summed E-state index contributed by atoms with van der Waals surface area (Å²) >= 11 is 0. The Morgan fingerprint density at radius 1 is 1.05 bits per heavy atom. The van der Waals surface area contributed by atoms with E-state index in [2.05, 4.69) is 0 Å². The van der Waals surface area contributed by atoms with E-state index >= 15 is 0 Å². The van der Waals surface area contributed by atoms with Crippen molar-refractivity contribution in [1.29, 1.82) is 0 Å². The number of aryl methyl sites for hydroxylation is 1. The van der Waals surface area contributed by atoms with Gasteiger partial charge in [-0.05, 0) is 30.9 Å². The first kappa shape index (κ1) is 14.0. The van der Waals surface area contributed by atoms with Crippen molar-refractivity contribution in [3.05, 3.63) is 17.2 Å². The van der Waals surface area contributed by atoms with Crippen LogP contribution >= 0.6 is 0 Å². The van der Waals surface area contributed by atoms with Gasteiger partial charge in [0, 0.05) is 5.56 Å². The molecule has 1 aliphatic rings. The van der Waals surface area contributed by atoms with E-state index in [1.165, 1.54) is 14.2 Å². The Bertz CT molecular complexity index is 458. The Morgan fingerprint density at radius 3 is 2.32 bits per heavy atom. The van der Waals surface area contributed by atoms with Crippen LogP contribution < -0.4 is 14.2 Å². The van der Waals surface area contributed by atoms with Crippen LogP contribution in [-0.2, 0) is 6.42 Å². The molecule has 0 aliphatic heterocycles. The third-order valence-electron chi connectivity index (χ3n) is 3.56. The number of aliphatic hydroxyl groups excluding tert-OH is 2. The summed E-state index contributed by atoms with van der Waals surface area (Å²) in [6, 6.07) is 1.85. The average molecular weight is 268 g/mol. The smallest absolute Gasteiger partial charge is 0.203 e. The topological polar surface area (TPSA) is 68.2 Å². The van der Waals surface area contributed by atoms with Crippen molar-refractivity contribution in [1.82, 2.24) is 0 Å². The first-order valence-electron chi connectivity index (χ1n) is 6.31. The van der Waals surface area contributed by atoms with Gasteiger partial charge in [0.2, 0.25) is 5.75 Å².